The highest BCUT2D eigenvalue weighted by molar-refractivity contribution is 5.28. The van der Waals surface area contributed by atoms with Crippen LogP contribution in [0.15, 0.2) is 84.9 Å². The molecule has 0 aliphatic carbocycles. The minimum atomic E-state index is -0.643. The highest BCUT2D eigenvalue weighted by Gasteiger charge is 2.22. The molecule has 0 amide bonds. The molecule has 0 aliphatic heterocycles. The Hall–Kier alpha value is -2.70. The predicted octanol–water partition coefficient (Wildman–Crippen LogP) is 3.76. The van der Waals surface area contributed by atoms with Crippen LogP contribution in [0.4, 0.5) is 0 Å². The molecule has 0 aromatic heterocycles. The van der Waals surface area contributed by atoms with Crippen molar-refractivity contribution in [2.75, 3.05) is 26.3 Å². The summed E-state index contributed by atoms with van der Waals surface area (Å²) in [5, 5.41) is 30.6. The second kappa shape index (κ2) is 12.4. The Kier molecular flexibility index (Phi) is 9.26. The van der Waals surface area contributed by atoms with Crippen LogP contribution in [0.3, 0.4) is 0 Å². The Labute approximate surface area is 190 Å². The number of aliphatic hydroxyl groups is 3. The third-order valence-corrected chi connectivity index (χ3v) is 5.62. The highest BCUT2D eigenvalue weighted by Crippen LogP contribution is 2.22. The van der Waals surface area contributed by atoms with Crippen molar-refractivity contribution in [2.45, 2.75) is 31.6 Å². The molecule has 5 nitrogen and oxygen atoms in total. The molecule has 2 unspecified atom stereocenters. The van der Waals surface area contributed by atoms with Crippen LogP contribution in [0, 0.1) is 0 Å². The second-order valence-corrected chi connectivity index (χ2v) is 8.08. The Bertz CT molecular complexity index is 854. The van der Waals surface area contributed by atoms with Crippen molar-refractivity contribution in [3.8, 4) is 5.75 Å². The van der Waals surface area contributed by atoms with E-state index >= 15 is 0 Å². The van der Waals surface area contributed by atoms with Crippen LogP contribution in [0.5, 0.6) is 5.75 Å². The average Bonchev–Trinajstić information content (AvgIpc) is 2.84. The van der Waals surface area contributed by atoms with Gasteiger partial charge in [0.25, 0.3) is 0 Å². The number of benzene rings is 3. The van der Waals surface area contributed by atoms with Crippen molar-refractivity contribution >= 4 is 0 Å². The van der Waals surface area contributed by atoms with Gasteiger partial charge in [-0.3, -0.25) is 4.90 Å². The zero-order valence-electron chi connectivity index (χ0n) is 18.5. The van der Waals surface area contributed by atoms with Crippen LogP contribution in [-0.4, -0.2) is 52.6 Å². The minimum absolute atomic E-state index is 0.0127. The van der Waals surface area contributed by atoms with E-state index in [0.717, 1.165) is 28.9 Å². The van der Waals surface area contributed by atoms with Crippen molar-refractivity contribution in [3.63, 3.8) is 0 Å². The molecule has 5 heteroatoms. The van der Waals surface area contributed by atoms with Gasteiger partial charge < -0.3 is 20.1 Å². The summed E-state index contributed by atoms with van der Waals surface area (Å²) in [5.41, 5.74) is 2.87. The maximum absolute atomic E-state index is 10.8. The third-order valence-electron chi connectivity index (χ3n) is 5.62. The van der Waals surface area contributed by atoms with Gasteiger partial charge in [-0.25, -0.2) is 0 Å². The third kappa shape index (κ3) is 7.18. The van der Waals surface area contributed by atoms with E-state index in [2.05, 4.69) is 11.8 Å². The van der Waals surface area contributed by atoms with Gasteiger partial charge in [0.05, 0.1) is 18.8 Å². The fourth-order valence-electron chi connectivity index (χ4n) is 3.80. The summed E-state index contributed by atoms with van der Waals surface area (Å²) < 4.78 is 5.44. The van der Waals surface area contributed by atoms with Gasteiger partial charge >= 0.3 is 0 Å². The lowest BCUT2D eigenvalue weighted by Crippen LogP contribution is -2.40. The van der Waals surface area contributed by atoms with E-state index in [-0.39, 0.29) is 19.3 Å². The van der Waals surface area contributed by atoms with Crippen LogP contribution in [0.2, 0.25) is 0 Å². The van der Waals surface area contributed by atoms with Crippen molar-refractivity contribution in [1.82, 2.24) is 4.90 Å². The molecule has 3 atom stereocenters. The fraction of sp³-hybridized carbons (Fsp3) is 0.333. The quantitative estimate of drug-likeness (QED) is 0.404. The molecule has 0 fully saturated rings. The summed E-state index contributed by atoms with van der Waals surface area (Å²) in [4.78, 5) is 2.14. The van der Waals surface area contributed by atoms with Crippen molar-refractivity contribution in [2.24, 2.45) is 0 Å². The number of aliphatic hydroxyl groups excluding tert-OH is 3. The molecule has 32 heavy (non-hydrogen) atoms. The van der Waals surface area contributed by atoms with E-state index in [1.807, 2.05) is 84.9 Å². The molecule has 0 saturated heterocycles. The number of hydrogen-bond acceptors (Lipinski definition) is 5. The van der Waals surface area contributed by atoms with Gasteiger partial charge in [-0.1, -0.05) is 72.8 Å². The van der Waals surface area contributed by atoms with E-state index in [9.17, 15) is 10.2 Å². The molecule has 3 aromatic carbocycles. The minimum Gasteiger partial charge on any atom is -0.491 e. The molecule has 0 saturated carbocycles. The summed E-state index contributed by atoms with van der Waals surface area (Å²) >= 11 is 0. The Morgan fingerprint density at radius 2 is 1.25 bits per heavy atom. The second-order valence-electron chi connectivity index (χ2n) is 8.08. The van der Waals surface area contributed by atoms with E-state index in [4.69, 9.17) is 9.84 Å². The first-order chi connectivity index (χ1) is 15.6. The molecular weight excluding hydrogens is 402 g/mol. The summed E-state index contributed by atoms with van der Waals surface area (Å²) in [6.07, 6.45) is -0.518. The fourth-order valence-corrected chi connectivity index (χ4v) is 3.80. The number of rotatable bonds is 12. The molecule has 0 aliphatic rings. The molecular formula is C27H33NO4. The molecule has 0 heterocycles. The molecule has 0 spiro atoms. The van der Waals surface area contributed by atoms with Gasteiger partial charge in [-0.2, -0.15) is 0 Å². The first-order valence-electron chi connectivity index (χ1n) is 11.1. The van der Waals surface area contributed by atoms with E-state index in [0.29, 0.717) is 13.1 Å². The Balaban J connectivity index is 1.71. The highest BCUT2D eigenvalue weighted by atomic mass is 16.5. The van der Waals surface area contributed by atoms with Gasteiger partial charge in [0, 0.05) is 19.1 Å². The van der Waals surface area contributed by atoms with Crippen LogP contribution in [0.25, 0.3) is 0 Å². The average molecular weight is 436 g/mol. The smallest absolute Gasteiger partial charge is 0.119 e. The van der Waals surface area contributed by atoms with Crippen LogP contribution in [-0.2, 0) is 6.42 Å². The monoisotopic (exact) mass is 435 g/mol. The van der Waals surface area contributed by atoms with Crippen LogP contribution >= 0.6 is 0 Å². The van der Waals surface area contributed by atoms with E-state index in [1.165, 1.54) is 0 Å². The zero-order valence-corrected chi connectivity index (χ0v) is 18.5. The van der Waals surface area contributed by atoms with Crippen LogP contribution in [0.1, 0.15) is 35.8 Å². The Morgan fingerprint density at radius 3 is 1.72 bits per heavy atom. The normalized spacial score (nSPS) is 14.2. The SMILES string of the molecule is CC(Cc1ccc(OCCO)cc1)N(CC(O)c1ccccc1)C[C@H](O)c1ccccc1. The number of nitrogens with zero attached hydrogens (tertiary/aromatic N) is 1. The molecule has 3 aromatic rings. The van der Waals surface area contributed by atoms with Gasteiger partial charge in [-0.15, -0.1) is 0 Å². The summed E-state index contributed by atoms with van der Waals surface area (Å²) in [5.74, 6) is 0.728. The molecule has 0 bridgehead atoms. The maximum Gasteiger partial charge on any atom is 0.119 e. The Morgan fingerprint density at radius 1 is 0.750 bits per heavy atom. The van der Waals surface area contributed by atoms with Gasteiger partial charge in [0.2, 0.25) is 0 Å². The van der Waals surface area contributed by atoms with Crippen molar-refractivity contribution in [1.29, 1.82) is 0 Å². The van der Waals surface area contributed by atoms with Crippen molar-refractivity contribution < 1.29 is 20.1 Å². The standard InChI is InChI=1S/C27H33NO4/c1-21(18-22-12-14-25(15-13-22)32-17-16-29)28(19-26(30)23-8-4-2-5-9-23)20-27(31)24-10-6-3-7-11-24/h2-15,21,26-27,29-31H,16-20H2,1H3/t21?,26-,27?/m0/s1. The van der Waals surface area contributed by atoms with Gasteiger partial charge in [-0.05, 0) is 42.2 Å². The van der Waals surface area contributed by atoms with Gasteiger partial charge in [0.1, 0.15) is 12.4 Å². The summed E-state index contributed by atoms with van der Waals surface area (Å²) in [6, 6.07) is 27.2. The lowest BCUT2D eigenvalue weighted by Gasteiger charge is -2.33. The van der Waals surface area contributed by atoms with Gasteiger partial charge in [0.15, 0.2) is 0 Å². The molecule has 3 N–H and O–H groups in total. The number of ether oxygens (including phenoxy) is 1. The lowest BCUT2D eigenvalue weighted by molar-refractivity contribution is 0.0480. The first-order valence-corrected chi connectivity index (χ1v) is 11.1. The lowest BCUT2D eigenvalue weighted by atomic mass is 10.0. The van der Waals surface area contributed by atoms with Crippen LogP contribution < -0.4 is 4.74 Å². The van der Waals surface area contributed by atoms with Crippen molar-refractivity contribution in [3.05, 3.63) is 102 Å². The molecule has 170 valence electrons. The molecule has 0 radical (unpaired) electrons. The topological polar surface area (TPSA) is 73.2 Å². The summed E-state index contributed by atoms with van der Waals surface area (Å²) in [6.45, 7) is 3.23. The molecule has 3 rings (SSSR count). The van der Waals surface area contributed by atoms with E-state index in [1.54, 1.807) is 0 Å². The number of hydrogen-bond donors (Lipinski definition) is 3. The maximum atomic E-state index is 10.8. The largest absolute Gasteiger partial charge is 0.491 e. The zero-order chi connectivity index (χ0) is 22.8. The first kappa shape index (κ1) is 24.0. The predicted molar refractivity (Wildman–Crippen MR) is 127 cm³/mol. The summed E-state index contributed by atoms with van der Waals surface area (Å²) in [7, 11) is 0. The van der Waals surface area contributed by atoms with E-state index < -0.39 is 12.2 Å².